The molecule has 4 nitrogen and oxygen atoms in total. The number of hydrogen-bond acceptors (Lipinski definition) is 2. The molecule has 5 heteroatoms. The van der Waals surface area contributed by atoms with Gasteiger partial charge >= 0.3 is 0 Å². The molecule has 1 aromatic carbocycles. The minimum atomic E-state index is 0.0757. The molecule has 1 fully saturated rings. The smallest absolute Gasteiger partial charge is 0.257 e. The van der Waals surface area contributed by atoms with E-state index in [1.165, 1.54) is 0 Å². The van der Waals surface area contributed by atoms with Crippen LogP contribution in [0.3, 0.4) is 0 Å². The molecule has 3 rings (SSSR count). The first-order chi connectivity index (χ1) is 10.7. The van der Waals surface area contributed by atoms with Gasteiger partial charge in [0.2, 0.25) is 0 Å². The number of nitrogens with zero attached hydrogens (tertiary/aromatic N) is 2. The van der Waals surface area contributed by atoms with Gasteiger partial charge in [-0.05, 0) is 24.5 Å². The second-order valence-electron chi connectivity index (χ2n) is 5.77. The van der Waals surface area contributed by atoms with E-state index in [4.69, 9.17) is 11.6 Å². The molecule has 0 radical (unpaired) electrons. The summed E-state index contributed by atoms with van der Waals surface area (Å²) in [5.74, 6) is 0.394. The Labute approximate surface area is 135 Å². The van der Waals surface area contributed by atoms with Crippen LogP contribution in [-0.2, 0) is 6.42 Å². The Morgan fingerprint density at radius 1 is 1.45 bits per heavy atom. The average molecular weight is 318 g/mol. The summed E-state index contributed by atoms with van der Waals surface area (Å²) < 4.78 is 0. The van der Waals surface area contributed by atoms with Crippen LogP contribution in [-0.4, -0.2) is 34.1 Å². The number of rotatable bonds is 4. The van der Waals surface area contributed by atoms with Crippen LogP contribution in [0.1, 0.15) is 47.3 Å². The maximum absolute atomic E-state index is 12.7. The first-order valence-electron chi connectivity index (χ1n) is 7.76. The summed E-state index contributed by atoms with van der Waals surface area (Å²) >= 11 is 6.28. The molecule has 0 unspecified atom stereocenters. The van der Waals surface area contributed by atoms with Gasteiger partial charge in [0.1, 0.15) is 0 Å². The van der Waals surface area contributed by atoms with E-state index in [0.717, 1.165) is 48.6 Å². The maximum Gasteiger partial charge on any atom is 0.257 e. The number of nitrogens with one attached hydrogen (secondary N) is 1. The van der Waals surface area contributed by atoms with Crippen molar-refractivity contribution < 1.29 is 4.79 Å². The number of hydrogen-bond donors (Lipinski definition) is 1. The number of H-pyrrole nitrogens is 1. The Morgan fingerprint density at radius 3 is 3.05 bits per heavy atom. The van der Waals surface area contributed by atoms with Gasteiger partial charge in [-0.15, -0.1) is 0 Å². The quantitative estimate of drug-likeness (QED) is 0.935. The molecule has 2 heterocycles. The zero-order valence-electron chi connectivity index (χ0n) is 12.7. The fraction of sp³-hybridized carbons (Fsp3) is 0.412. The largest absolute Gasteiger partial charge is 0.338 e. The van der Waals surface area contributed by atoms with Crippen LogP contribution in [0.2, 0.25) is 5.02 Å². The molecule has 1 aromatic heterocycles. The highest BCUT2D eigenvalue weighted by atomic mass is 35.5. The van der Waals surface area contributed by atoms with Crippen molar-refractivity contribution in [3.05, 3.63) is 52.3 Å². The second-order valence-corrected chi connectivity index (χ2v) is 6.18. The number of likely N-dealkylation sites (tertiary alicyclic amines) is 1. The van der Waals surface area contributed by atoms with E-state index in [0.29, 0.717) is 11.5 Å². The number of aromatic amines is 1. The van der Waals surface area contributed by atoms with Crippen LogP contribution >= 0.6 is 11.6 Å². The second kappa shape index (κ2) is 6.53. The van der Waals surface area contributed by atoms with Crippen LogP contribution in [0, 0.1) is 0 Å². The Hall–Kier alpha value is -1.81. The van der Waals surface area contributed by atoms with E-state index in [2.05, 4.69) is 23.2 Å². The first kappa shape index (κ1) is 15.1. The lowest BCUT2D eigenvalue weighted by molar-refractivity contribution is 0.0789. The molecule has 1 N–H and O–H groups in total. The number of benzene rings is 1. The van der Waals surface area contributed by atoms with Gasteiger partial charge in [-0.25, -0.2) is 0 Å². The fourth-order valence-corrected chi connectivity index (χ4v) is 3.40. The molecule has 116 valence electrons. The van der Waals surface area contributed by atoms with Crippen LogP contribution in [0.25, 0.3) is 0 Å². The minimum Gasteiger partial charge on any atom is -0.338 e. The summed E-state index contributed by atoms with van der Waals surface area (Å²) in [5.41, 5.74) is 2.79. The lowest BCUT2D eigenvalue weighted by atomic mass is 9.98. The molecule has 0 aliphatic carbocycles. The van der Waals surface area contributed by atoms with E-state index in [9.17, 15) is 4.79 Å². The molecule has 2 aromatic rings. The molecule has 0 bridgehead atoms. The van der Waals surface area contributed by atoms with Crippen molar-refractivity contribution in [2.75, 3.05) is 13.1 Å². The Kier molecular flexibility index (Phi) is 4.48. The number of carbonyl (C=O) groups excluding carboxylic acids is 1. The lowest BCUT2D eigenvalue weighted by Gasteiger charge is -2.17. The number of aryl methyl sites for hydroxylation is 1. The number of amides is 1. The highest BCUT2D eigenvalue weighted by Gasteiger charge is 2.30. The molecule has 1 aliphatic rings. The monoisotopic (exact) mass is 317 g/mol. The van der Waals surface area contributed by atoms with Crippen molar-refractivity contribution in [1.29, 1.82) is 0 Å². The zero-order valence-corrected chi connectivity index (χ0v) is 13.4. The average Bonchev–Trinajstić information content (AvgIpc) is 3.17. The molecule has 0 saturated carbocycles. The highest BCUT2D eigenvalue weighted by Crippen LogP contribution is 2.32. The molecule has 22 heavy (non-hydrogen) atoms. The van der Waals surface area contributed by atoms with Crippen molar-refractivity contribution in [2.24, 2.45) is 0 Å². The van der Waals surface area contributed by atoms with Gasteiger partial charge in [0.15, 0.2) is 0 Å². The minimum absolute atomic E-state index is 0.0757. The molecule has 1 atom stereocenters. The third kappa shape index (κ3) is 2.88. The van der Waals surface area contributed by atoms with Crippen molar-refractivity contribution in [3.8, 4) is 0 Å². The summed E-state index contributed by atoms with van der Waals surface area (Å²) in [5, 5.41) is 7.76. The first-order valence-corrected chi connectivity index (χ1v) is 8.14. The molecule has 0 spiro atoms. The van der Waals surface area contributed by atoms with Gasteiger partial charge in [0.25, 0.3) is 5.91 Å². The van der Waals surface area contributed by atoms with Crippen LogP contribution in [0.15, 0.2) is 30.5 Å². The number of carbonyl (C=O) groups is 1. The van der Waals surface area contributed by atoms with Gasteiger partial charge in [0.05, 0.1) is 11.8 Å². The topological polar surface area (TPSA) is 49.0 Å². The van der Waals surface area contributed by atoms with Gasteiger partial charge in [0, 0.05) is 29.7 Å². The summed E-state index contributed by atoms with van der Waals surface area (Å²) in [6.07, 6.45) is 4.44. The fourth-order valence-electron chi connectivity index (χ4n) is 3.11. The highest BCUT2D eigenvalue weighted by molar-refractivity contribution is 6.31. The van der Waals surface area contributed by atoms with Gasteiger partial charge in [-0.1, -0.05) is 43.1 Å². The zero-order chi connectivity index (χ0) is 15.5. The lowest BCUT2D eigenvalue weighted by Crippen LogP contribution is -2.29. The van der Waals surface area contributed by atoms with Crippen molar-refractivity contribution in [3.63, 3.8) is 0 Å². The van der Waals surface area contributed by atoms with E-state index < -0.39 is 0 Å². The Bertz CT molecular complexity index is 667. The van der Waals surface area contributed by atoms with Crippen molar-refractivity contribution in [1.82, 2.24) is 15.1 Å². The predicted octanol–water partition coefficient (Wildman–Crippen LogP) is 3.65. The molecule has 1 saturated heterocycles. The molecule has 1 amide bonds. The van der Waals surface area contributed by atoms with Crippen molar-refractivity contribution in [2.45, 2.75) is 32.1 Å². The molecular formula is C17H20ClN3O. The van der Waals surface area contributed by atoms with Gasteiger partial charge in [-0.3, -0.25) is 9.89 Å². The van der Waals surface area contributed by atoms with E-state index in [1.807, 2.05) is 23.1 Å². The summed E-state index contributed by atoms with van der Waals surface area (Å²) in [6, 6.07) is 7.91. The van der Waals surface area contributed by atoms with E-state index in [1.54, 1.807) is 6.20 Å². The maximum atomic E-state index is 12.7. The van der Waals surface area contributed by atoms with E-state index >= 15 is 0 Å². The Balaban J connectivity index is 1.74. The summed E-state index contributed by atoms with van der Waals surface area (Å²) in [6.45, 7) is 3.59. The molecule has 1 aliphatic heterocycles. The number of aromatic nitrogens is 2. The van der Waals surface area contributed by atoms with Crippen molar-refractivity contribution >= 4 is 17.5 Å². The Morgan fingerprint density at radius 2 is 2.27 bits per heavy atom. The van der Waals surface area contributed by atoms with Crippen LogP contribution in [0.4, 0.5) is 0 Å². The standard InChI is InChI=1S/C17H20ClN3O/c1-2-5-16-14(10-19-20-16)17(22)21-9-8-12(11-21)13-6-3-4-7-15(13)18/h3-4,6-7,10,12H,2,5,8-9,11H2,1H3,(H,19,20)/t12-/m1/s1. The van der Waals surface area contributed by atoms with Crippen LogP contribution in [0.5, 0.6) is 0 Å². The van der Waals surface area contributed by atoms with Crippen LogP contribution < -0.4 is 0 Å². The summed E-state index contributed by atoms with van der Waals surface area (Å²) in [7, 11) is 0. The van der Waals surface area contributed by atoms with Gasteiger partial charge in [-0.2, -0.15) is 5.10 Å². The van der Waals surface area contributed by atoms with E-state index in [-0.39, 0.29) is 5.91 Å². The van der Waals surface area contributed by atoms with Gasteiger partial charge < -0.3 is 4.90 Å². The number of halogens is 1. The SMILES string of the molecule is CCCc1[nH]ncc1C(=O)N1CC[C@@H](c2ccccc2Cl)C1. The molecular weight excluding hydrogens is 298 g/mol. The third-order valence-corrected chi connectivity index (χ3v) is 4.61. The normalized spacial score (nSPS) is 17.9. The summed E-state index contributed by atoms with van der Waals surface area (Å²) in [4.78, 5) is 14.6. The predicted molar refractivity (Wildman–Crippen MR) is 87.3 cm³/mol. The third-order valence-electron chi connectivity index (χ3n) is 4.27.